The standard InChI is InChI=1S/C15H25NS/c1-2-3-13-4-7-15(12-16,8-5-13)10-14-6-9-17-11-14/h6,9,11,13H,2-5,7-8,10,12,16H2,1H3. The van der Waals surface area contributed by atoms with Crippen molar-refractivity contribution in [3.05, 3.63) is 22.4 Å². The largest absolute Gasteiger partial charge is 0.330 e. The first kappa shape index (κ1) is 13.1. The molecule has 1 aliphatic carbocycles. The molecule has 0 bridgehead atoms. The van der Waals surface area contributed by atoms with E-state index in [4.69, 9.17) is 5.73 Å². The van der Waals surface area contributed by atoms with Crippen LogP contribution in [0.25, 0.3) is 0 Å². The van der Waals surface area contributed by atoms with Gasteiger partial charge < -0.3 is 5.73 Å². The van der Waals surface area contributed by atoms with Gasteiger partial charge >= 0.3 is 0 Å². The normalized spacial score (nSPS) is 29.4. The van der Waals surface area contributed by atoms with Crippen LogP contribution in [0.3, 0.4) is 0 Å². The molecule has 2 N–H and O–H groups in total. The van der Waals surface area contributed by atoms with Crippen molar-refractivity contribution in [1.82, 2.24) is 0 Å². The number of nitrogens with two attached hydrogens (primary N) is 1. The van der Waals surface area contributed by atoms with Crippen molar-refractivity contribution in [1.29, 1.82) is 0 Å². The van der Waals surface area contributed by atoms with Crippen LogP contribution in [0, 0.1) is 11.3 Å². The first-order chi connectivity index (χ1) is 8.28. The van der Waals surface area contributed by atoms with E-state index < -0.39 is 0 Å². The molecule has 0 atom stereocenters. The Kier molecular flexibility index (Phi) is 4.63. The van der Waals surface area contributed by atoms with Crippen LogP contribution >= 0.6 is 11.3 Å². The van der Waals surface area contributed by atoms with Crippen molar-refractivity contribution in [2.45, 2.75) is 51.9 Å². The van der Waals surface area contributed by atoms with Crippen molar-refractivity contribution >= 4 is 11.3 Å². The van der Waals surface area contributed by atoms with Crippen LogP contribution in [-0.2, 0) is 6.42 Å². The van der Waals surface area contributed by atoms with E-state index in [-0.39, 0.29) is 0 Å². The second kappa shape index (κ2) is 6.01. The van der Waals surface area contributed by atoms with E-state index in [0.717, 1.165) is 12.5 Å². The van der Waals surface area contributed by atoms with Gasteiger partial charge in [0, 0.05) is 0 Å². The van der Waals surface area contributed by atoms with Gasteiger partial charge in [-0.1, -0.05) is 19.8 Å². The lowest BCUT2D eigenvalue weighted by molar-refractivity contribution is 0.151. The predicted molar refractivity (Wildman–Crippen MR) is 76.4 cm³/mol. The van der Waals surface area contributed by atoms with Crippen molar-refractivity contribution in [2.24, 2.45) is 17.1 Å². The summed E-state index contributed by atoms with van der Waals surface area (Å²) in [5, 5.41) is 4.47. The smallest absolute Gasteiger partial charge is 0.00173 e. The summed E-state index contributed by atoms with van der Waals surface area (Å²) in [7, 11) is 0. The van der Waals surface area contributed by atoms with Gasteiger partial charge in [-0.15, -0.1) is 0 Å². The van der Waals surface area contributed by atoms with Gasteiger partial charge in [-0.05, 0) is 72.4 Å². The molecular weight excluding hydrogens is 226 g/mol. The molecule has 0 amide bonds. The van der Waals surface area contributed by atoms with E-state index in [0.29, 0.717) is 5.41 Å². The second-order valence-corrected chi connectivity index (χ2v) is 6.52. The van der Waals surface area contributed by atoms with Gasteiger partial charge in [0.25, 0.3) is 0 Å². The van der Waals surface area contributed by atoms with Gasteiger partial charge in [-0.25, -0.2) is 0 Å². The van der Waals surface area contributed by atoms with Crippen molar-refractivity contribution in [2.75, 3.05) is 6.54 Å². The van der Waals surface area contributed by atoms with E-state index in [9.17, 15) is 0 Å². The maximum atomic E-state index is 6.08. The number of hydrogen-bond donors (Lipinski definition) is 1. The fourth-order valence-corrected chi connectivity index (χ4v) is 3.93. The first-order valence-electron chi connectivity index (χ1n) is 6.99. The van der Waals surface area contributed by atoms with Crippen LogP contribution in [-0.4, -0.2) is 6.54 Å². The summed E-state index contributed by atoms with van der Waals surface area (Å²) >= 11 is 1.81. The van der Waals surface area contributed by atoms with Crippen LogP contribution in [0.4, 0.5) is 0 Å². The molecule has 96 valence electrons. The SMILES string of the molecule is CCCC1CCC(CN)(Cc2ccsc2)CC1. The quantitative estimate of drug-likeness (QED) is 0.833. The van der Waals surface area contributed by atoms with E-state index in [1.807, 2.05) is 0 Å². The molecule has 1 saturated carbocycles. The highest BCUT2D eigenvalue weighted by Crippen LogP contribution is 2.42. The minimum Gasteiger partial charge on any atom is -0.330 e. The van der Waals surface area contributed by atoms with Crippen LogP contribution in [0.15, 0.2) is 16.8 Å². The third-order valence-corrected chi connectivity index (χ3v) is 5.19. The maximum Gasteiger partial charge on any atom is -0.00173 e. The molecular formula is C15H25NS. The van der Waals surface area contributed by atoms with Gasteiger partial charge in [0.05, 0.1) is 0 Å². The zero-order valence-corrected chi connectivity index (χ0v) is 11.8. The van der Waals surface area contributed by atoms with Crippen molar-refractivity contribution in [3.8, 4) is 0 Å². The summed E-state index contributed by atoms with van der Waals surface area (Å²) in [4.78, 5) is 0. The molecule has 0 unspecified atom stereocenters. The van der Waals surface area contributed by atoms with Crippen LogP contribution < -0.4 is 5.73 Å². The van der Waals surface area contributed by atoms with Gasteiger partial charge in [0.1, 0.15) is 0 Å². The molecule has 1 fully saturated rings. The Morgan fingerprint density at radius 1 is 1.41 bits per heavy atom. The molecule has 0 spiro atoms. The molecule has 1 aliphatic rings. The predicted octanol–water partition coefficient (Wildman–Crippen LogP) is 4.23. The number of hydrogen-bond acceptors (Lipinski definition) is 2. The molecule has 17 heavy (non-hydrogen) atoms. The Labute approximate surface area is 109 Å². The average molecular weight is 251 g/mol. The summed E-state index contributed by atoms with van der Waals surface area (Å²) in [5.41, 5.74) is 7.98. The van der Waals surface area contributed by atoms with Crippen LogP contribution in [0.5, 0.6) is 0 Å². The summed E-state index contributed by atoms with van der Waals surface area (Å²) in [6, 6.07) is 2.26. The summed E-state index contributed by atoms with van der Waals surface area (Å²) in [6.45, 7) is 3.16. The number of thiophene rings is 1. The zero-order chi connectivity index (χ0) is 12.1. The molecule has 0 aliphatic heterocycles. The Morgan fingerprint density at radius 3 is 2.71 bits per heavy atom. The molecule has 0 saturated heterocycles. The molecule has 1 aromatic rings. The Morgan fingerprint density at radius 2 is 2.18 bits per heavy atom. The highest BCUT2D eigenvalue weighted by atomic mass is 32.1. The molecule has 2 heteroatoms. The minimum absolute atomic E-state index is 0.408. The Bertz CT molecular complexity index is 310. The van der Waals surface area contributed by atoms with Gasteiger partial charge in [-0.2, -0.15) is 11.3 Å². The summed E-state index contributed by atoms with van der Waals surface area (Å²) in [6.07, 6.45) is 9.42. The van der Waals surface area contributed by atoms with Gasteiger partial charge in [0.15, 0.2) is 0 Å². The lowest BCUT2D eigenvalue weighted by Crippen LogP contribution is -2.36. The fourth-order valence-electron chi connectivity index (χ4n) is 3.27. The molecule has 0 radical (unpaired) electrons. The van der Waals surface area contributed by atoms with Crippen molar-refractivity contribution in [3.63, 3.8) is 0 Å². The first-order valence-corrected chi connectivity index (χ1v) is 7.93. The average Bonchev–Trinajstić information content (AvgIpc) is 2.85. The zero-order valence-electron chi connectivity index (χ0n) is 11.0. The Hall–Kier alpha value is -0.340. The fraction of sp³-hybridized carbons (Fsp3) is 0.733. The minimum atomic E-state index is 0.408. The topological polar surface area (TPSA) is 26.0 Å². The van der Waals surface area contributed by atoms with Gasteiger partial charge in [-0.3, -0.25) is 0 Å². The maximum absolute atomic E-state index is 6.08. The second-order valence-electron chi connectivity index (χ2n) is 5.74. The van der Waals surface area contributed by atoms with E-state index in [2.05, 4.69) is 23.8 Å². The third kappa shape index (κ3) is 3.32. The highest BCUT2D eigenvalue weighted by molar-refractivity contribution is 7.07. The Balaban J connectivity index is 1.93. The lowest BCUT2D eigenvalue weighted by Gasteiger charge is -2.39. The highest BCUT2D eigenvalue weighted by Gasteiger charge is 2.33. The number of rotatable bonds is 5. The molecule has 1 heterocycles. The third-order valence-electron chi connectivity index (χ3n) is 4.45. The van der Waals surface area contributed by atoms with Crippen LogP contribution in [0.1, 0.15) is 51.0 Å². The van der Waals surface area contributed by atoms with Crippen molar-refractivity contribution < 1.29 is 0 Å². The molecule has 1 aromatic heterocycles. The van der Waals surface area contributed by atoms with E-state index in [1.165, 1.54) is 50.5 Å². The molecule has 1 nitrogen and oxygen atoms in total. The monoisotopic (exact) mass is 251 g/mol. The van der Waals surface area contributed by atoms with Gasteiger partial charge in [0.2, 0.25) is 0 Å². The molecule has 2 rings (SSSR count). The lowest BCUT2D eigenvalue weighted by atomic mass is 9.67. The summed E-state index contributed by atoms with van der Waals surface area (Å²) in [5.74, 6) is 0.974. The van der Waals surface area contributed by atoms with E-state index in [1.54, 1.807) is 11.3 Å². The van der Waals surface area contributed by atoms with Crippen LogP contribution in [0.2, 0.25) is 0 Å². The molecule has 0 aromatic carbocycles. The van der Waals surface area contributed by atoms with E-state index >= 15 is 0 Å². The summed E-state index contributed by atoms with van der Waals surface area (Å²) < 4.78 is 0.